The Labute approximate surface area is 123 Å². The minimum Gasteiger partial charge on any atom is -0.306 e. The van der Waals surface area contributed by atoms with Crippen molar-refractivity contribution in [3.8, 4) is 0 Å². The first-order valence-corrected chi connectivity index (χ1v) is 8.75. The Bertz CT molecular complexity index is 374. The number of hydrogen-bond donors (Lipinski definition) is 1. The number of hydrogen-bond acceptors (Lipinski definition) is 2. The van der Waals surface area contributed by atoms with Crippen molar-refractivity contribution in [1.82, 2.24) is 5.32 Å². The highest BCUT2D eigenvalue weighted by molar-refractivity contribution is 9.10. The van der Waals surface area contributed by atoms with Gasteiger partial charge in [-0.2, -0.15) is 0 Å². The van der Waals surface area contributed by atoms with Gasteiger partial charge in [-0.1, -0.05) is 26.7 Å². The molecule has 1 aromatic heterocycles. The highest BCUT2D eigenvalue weighted by atomic mass is 79.9. The maximum absolute atomic E-state index is 3.87. The summed E-state index contributed by atoms with van der Waals surface area (Å²) in [5.74, 6) is 1.65. The van der Waals surface area contributed by atoms with E-state index in [9.17, 15) is 0 Å². The van der Waals surface area contributed by atoms with Gasteiger partial charge < -0.3 is 5.32 Å². The van der Waals surface area contributed by atoms with Gasteiger partial charge in [0.05, 0.1) is 0 Å². The second kappa shape index (κ2) is 6.53. The molecule has 3 atom stereocenters. The molecule has 102 valence electrons. The topological polar surface area (TPSA) is 12.0 Å². The summed E-state index contributed by atoms with van der Waals surface area (Å²) in [6.45, 7) is 7.04. The van der Waals surface area contributed by atoms with Gasteiger partial charge in [0.1, 0.15) is 0 Å². The highest BCUT2D eigenvalue weighted by Gasteiger charge is 2.28. The predicted molar refractivity (Wildman–Crippen MR) is 84.2 cm³/mol. The van der Waals surface area contributed by atoms with Gasteiger partial charge >= 0.3 is 0 Å². The Kier molecular flexibility index (Phi) is 5.28. The van der Waals surface area contributed by atoms with Crippen molar-refractivity contribution in [1.29, 1.82) is 0 Å². The van der Waals surface area contributed by atoms with Gasteiger partial charge in [0.25, 0.3) is 0 Å². The Balaban J connectivity index is 1.98. The van der Waals surface area contributed by atoms with Crippen LogP contribution in [0.15, 0.2) is 15.9 Å². The van der Waals surface area contributed by atoms with Crippen LogP contribution in [-0.4, -0.2) is 6.04 Å². The zero-order chi connectivity index (χ0) is 13.1. The fourth-order valence-electron chi connectivity index (χ4n) is 3.12. The first kappa shape index (κ1) is 14.5. The minimum atomic E-state index is 0.477. The normalized spacial score (nSPS) is 26.5. The molecule has 0 bridgehead atoms. The van der Waals surface area contributed by atoms with Crippen LogP contribution in [0.3, 0.4) is 0 Å². The molecule has 1 saturated carbocycles. The maximum atomic E-state index is 3.87. The summed E-state index contributed by atoms with van der Waals surface area (Å²) in [5.41, 5.74) is 0. The third-order valence-corrected chi connectivity index (χ3v) is 6.03. The van der Waals surface area contributed by atoms with E-state index in [0.29, 0.717) is 12.1 Å². The van der Waals surface area contributed by atoms with Gasteiger partial charge in [-0.25, -0.2) is 0 Å². The summed E-state index contributed by atoms with van der Waals surface area (Å²) in [6.07, 6.45) is 5.55. The Morgan fingerprint density at radius 2 is 2.00 bits per heavy atom. The lowest BCUT2D eigenvalue weighted by molar-refractivity contribution is 0.195. The minimum absolute atomic E-state index is 0.477. The molecule has 0 aliphatic heterocycles. The fourth-order valence-corrected chi connectivity index (χ4v) is 4.59. The second-order valence-corrected chi connectivity index (χ2v) is 7.71. The molecule has 1 aliphatic rings. The summed E-state index contributed by atoms with van der Waals surface area (Å²) in [5, 5.41) is 6.04. The van der Waals surface area contributed by atoms with E-state index >= 15 is 0 Å². The Morgan fingerprint density at radius 3 is 2.61 bits per heavy atom. The van der Waals surface area contributed by atoms with Gasteiger partial charge in [0, 0.05) is 26.8 Å². The van der Waals surface area contributed by atoms with E-state index in [1.165, 1.54) is 35.0 Å². The smallest absolute Gasteiger partial charge is 0.0388 e. The van der Waals surface area contributed by atoms with Crippen LogP contribution in [0.25, 0.3) is 0 Å². The van der Waals surface area contributed by atoms with Crippen LogP contribution in [0.1, 0.15) is 57.4 Å². The molecular formula is C15H24BrNS. The van der Waals surface area contributed by atoms with Crippen LogP contribution < -0.4 is 5.32 Å². The summed E-state index contributed by atoms with van der Waals surface area (Å²) in [4.78, 5) is 1.44. The number of nitrogens with one attached hydrogen (secondary N) is 1. The van der Waals surface area contributed by atoms with Crippen molar-refractivity contribution in [2.75, 3.05) is 0 Å². The third kappa shape index (κ3) is 3.58. The quantitative estimate of drug-likeness (QED) is 0.782. The van der Waals surface area contributed by atoms with Crippen LogP contribution in [0, 0.1) is 11.8 Å². The van der Waals surface area contributed by atoms with Gasteiger partial charge in [-0.3, -0.25) is 0 Å². The van der Waals surface area contributed by atoms with Crippen LogP contribution in [0.2, 0.25) is 0 Å². The van der Waals surface area contributed by atoms with Crippen molar-refractivity contribution in [3.05, 3.63) is 20.8 Å². The number of thiophene rings is 1. The molecule has 1 fully saturated rings. The SMILES string of the molecule is CC(NC1CCCCC1C(C)C)c1cc(Br)cs1. The van der Waals surface area contributed by atoms with Gasteiger partial charge in [0.2, 0.25) is 0 Å². The summed E-state index contributed by atoms with van der Waals surface area (Å²) < 4.78 is 1.21. The Hall–Kier alpha value is 0.140. The van der Waals surface area contributed by atoms with Crippen molar-refractivity contribution in [2.45, 2.75) is 58.5 Å². The highest BCUT2D eigenvalue weighted by Crippen LogP contribution is 2.33. The molecule has 0 radical (unpaired) electrons. The van der Waals surface area contributed by atoms with Gasteiger partial charge in [-0.05, 0) is 53.6 Å². The van der Waals surface area contributed by atoms with Crippen molar-refractivity contribution in [2.24, 2.45) is 11.8 Å². The molecule has 3 unspecified atom stereocenters. The molecule has 0 amide bonds. The molecule has 1 heterocycles. The maximum Gasteiger partial charge on any atom is 0.0388 e. The zero-order valence-electron chi connectivity index (χ0n) is 11.6. The van der Waals surface area contributed by atoms with E-state index in [-0.39, 0.29) is 0 Å². The lowest BCUT2D eigenvalue weighted by Crippen LogP contribution is -2.41. The Morgan fingerprint density at radius 1 is 1.28 bits per heavy atom. The van der Waals surface area contributed by atoms with Crippen LogP contribution in [0.5, 0.6) is 0 Å². The van der Waals surface area contributed by atoms with E-state index in [0.717, 1.165) is 11.8 Å². The molecule has 18 heavy (non-hydrogen) atoms. The predicted octanol–water partition coefficient (Wildman–Crippen LogP) is 5.38. The third-order valence-electron chi connectivity index (χ3n) is 4.15. The largest absolute Gasteiger partial charge is 0.306 e. The standard InChI is InChI=1S/C15H24BrNS/c1-10(2)13-6-4-5-7-14(13)17-11(3)15-8-12(16)9-18-15/h8-11,13-14,17H,4-7H2,1-3H3. The molecule has 0 aromatic carbocycles. The molecule has 2 rings (SSSR count). The van der Waals surface area contributed by atoms with Crippen molar-refractivity contribution in [3.63, 3.8) is 0 Å². The van der Waals surface area contributed by atoms with E-state index < -0.39 is 0 Å². The number of rotatable bonds is 4. The summed E-state index contributed by atoms with van der Waals surface area (Å²) >= 11 is 5.39. The molecule has 3 heteroatoms. The van der Waals surface area contributed by atoms with Crippen LogP contribution in [-0.2, 0) is 0 Å². The van der Waals surface area contributed by atoms with Crippen LogP contribution in [0.4, 0.5) is 0 Å². The molecule has 1 N–H and O–H groups in total. The average Bonchev–Trinajstić information content (AvgIpc) is 2.76. The van der Waals surface area contributed by atoms with Gasteiger partial charge in [0.15, 0.2) is 0 Å². The molecule has 0 saturated heterocycles. The second-order valence-electron chi connectivity index (χ2n) is 5.85. The zero-order valence-corrected chi connectivity index (χ0v) is 14.0. The molecule has 1 aliphatic carbocycles. The van der Waals surface area contributed by atoms with E-state index in [4.69, 9.17) is 0 Å². The lowest BCUT2D eigenvalue weighted by atomic mass is 9.77. The van der Waals surface area contributed by atoms with Gasteiger partial charge in [-0.15, -0.1) is 11.3 Å². The first-order chi connectivity index (χ1) is 8.58. The van der Waals surface area contributed by atoms with E-state index in [1.54, 1.807) is 0 Å². The molecular weight excluding hydrogens is 306 g/mol. The van der Waals surface area contributed by atoms with E-state index in [1.807, 2.05) is 11.3 Å². The summed E-state index contributed by atoms with van der Waals surface area (Å²) in [7, 11) is 0. The number of halogens is 1. The van der Waals surface area contributed by atoms with Crippen molar-refractivity contribution >= 4 is 27.3 Å². The summed E-state index contributed by atoms with van der Waals surface area (Å²) in [6, 6.07) is 3.43. The molecule has 1 aromatic rings. The first-order valence-electron chi connectivity index (χ1n) is 7.08. The monoisotopic (exact) mass is 329 g/mol. The van der Waals surface area contributed by atoms with Crippen LogP contribution >= 0.6 is 27.3 Å². The molecule has 0 spiro atoms. The lowest BCUT2D eigenvalue weighted by Gasteiger charge is -2.36. The average molecular weight is 330 g/mol. The van der Waals surface area contributed by atoms with E-state index in [2.05, 4.69) is 53.5 Å². The van der Waals surface area contributed by atoms with Crippen molar-refractivity contribution < 1.29 is 0 Å². The molecule has 1 nitrogen and oxygen atoms in total. The fraction of sp³-hybridized carbons (Fsp3) is 0.733.